The molecule has 0 spiro atoms. The van der Waals surface area contributed by atoms with Crippen LogP contribution in [0.1, 0.15) is 40.0 Å². The highest BCUT2D eigenvalue weighted by Crippen LogP contribution is 2.63. The van der Waals surface area contributed by atoms with Crippen LogP contribution in [0, 0.1) is 16.7 Å². The van der Waals surface area contributed by atoms with Gasteiger partial charge in [-0.05, 0) is 36.0 Å². The van der Waals surface area contributed by atoms with E-state index in [1.807, 2.05) is 7.05 Å². The van der Waals surface area contributed by atoms with E-state index in [1.54, 1.807) is 13.4 Å². The van der Waals surface area contributed by atoms with Crippen molar-refractivity contribution in [1.82, 2.24) is 9.97 Å². The molecule has 116 valence electrons. The highest BCUT2D eigenvalue weighted by molar-refractivity contribution is 5.64. The van der Waals surface area contributed by atoms with Gasteiger partial charge in [-0.25, -0.2) is 9.97 Å². The van der Waals surface area contributed by atoms with E-state index in [2.05, 4.69) is 41.4 Å². The van der Waals surface area contributed by atoms with Crippen molar-refractivity contribution < 1.29 is 4.74 Å². The van der Waals surface area contributed by atoms with Gasteiger partial charge in [0.05, 0.1) is 7.11 Å². The lowest BCUT2D eigenvalue weighted by Gasteiger charge is -2.43. The van der Waals surface area contributed by atoms with Crippen molar-refractivity contribution in [1.29, 1.82) is 0 Å². The molecule has 0 saturated heterocycles. The topological polar surface area (TPSA) is 59.1 Å². The van der Waals surface area contributed by atoms with E-state index < -0.39 is 0 Å². The van der Waals surface area contributed by atoms with Gasteiger partial charge in [0.2, 0.25) is 5.75 Å². The number of fused-ring (bicyclic) bond motifs is 2. The Morgan fingerprint density at radius 1 is 1.24 bits per heavy atom. The average molecular weight is 290 g/mol. The number of hydrogen-bond donors (Lipinski definition) is 2. The normalized spacial score (nSPS) is 33.0. The van der Waals surface area contributed by atoms with E-state index in [0.29, 0.717) is 17.2 Å². The molecule has 0 aromatic carbocycles. The molecule has 5 heteroatoms. The molecule has 0 amide bonds. The lowest BCUT2D eigenvalue weighted by Crippen LogP contribution is -2.46. The molecule has 2 aliphatic rings. The zero-order valence-corrected chi connectivity index (χ0v) is 13.7. The number of nitrogens with one attached hydrogen (secondary N) is 2. The molecule has 1 heterocycles. The number of aromatic nitrogens is 2. The Balaban J connectivity index is 1.94. The lowest BCUT2D eigenvalue weighted by molar-refractivity contribution is 0.155. The van der Waals surface area contributed by atoms with Crippen molar-refractivity contribution in [3.05, 3.63) is 6.33 Å². The monoisotopic (exact) mass is 290 g/mol. The first-order chi connectivity index (χ1) is 9.92. The Morgan fingerprint density at radius 3 is 2.52 bits per heavy atom. The number of anilines is 2. The zero-order chi connectivity index (χ0) is 15.3. The molecular weight excluding hydrogens is 264 g/mol. The fourth-order valence-corrected chi connectivity index (χ4v) is 4.65. The van der Waals surface area contributed by atoms with Crippen LogP contribution < -0.4 is 15.4 Å². The van der Waals surface area contributed by atoms with E-state index in [1.165, 1.54) is 19.3 Å². The molecule has 3 unspecified atom stereocenters. The standard InChI is InChI=1S/C16H26N4O/c1-15(2)10-6-7-16(3,8-10)14(15)20-13-11(21-5)12(17-4)18-9-19-13/h9-10,14H,6-8H2,1-5H3,(H2,17,18,19,20). The van der Waals surface area contributed by atoms with Gasteiger partial charge in [-0.15, -0.1) is 0 Å². The first kappa shape index (κ1) is 14.4. The Labute approximate surface area is 126 Å². The molecule has 2 aliphatic carbocycles. The van der Waals surface area contributed by atoms with Gasteiger partial charge in [0, 0.05) is 13.1 Å². The van der Waals surface area contributed by atoms with Gasteiger partial charge in [-0.2, -0.15) is 0 Å². The number of rotatable bonds is 4. The second-order valence-corrected chi connectivity index (χ2v) is 7.35. The van der Waals surface area contributed by atoms with Gasteiger partial charge in [0.25, 0.3) is 0 Å². The van der Waals surface area contributed by atoms with Gasteiger partial charge >= 0.3 is 0 Å². The van der Waals surface area contributed by atoms with Crippen LogP contribution in [-0.4, -0.2) is 30.2 Å². The second kappa shape index (κ2) is 4.75. The van der Waals surface area contributed by atoms with Gasteiger partial charge in [-0.3, -0.25) is 0 Å². The van der Waals surface area contributed by atoms with Gasteiger partial charge in [-0.1, -0.05) is 20.8 Å². The minimum absolute atomic E-state index is 0.281. The van der Waals surface area contributed by atoms with Crippen LogP contribution in [0.2, 0.25) is 0 Å². The maximum atomic E-state index is 5.51. The largest absolute Gasteiger partial charge is 0.490 e. The van der Waals surface area contributed by atoms with Crippen LogP contribution in [0.25, 0.3) is 0 Å². The first-order valence-corrected chi connectivity index (χ1v) is 7.75. The average Bonchev–Trinajstić information content (AvgIpc) is 2.94. The maximum absolute atomic E-state index is 5.51. The summed E-state index contributed by atoms with van der Waals surface area (Å²) in [5.74, 6) is 3.02. The molecule has 2 saturated carbocycles. The van der Waals surface area contributed by atoms with Crippen LogP contribution >= 0.6 is 0 Å². The van der Waals surface area contributed by atoms with Crippen molar-refractivity contribution in [2.45, 2.75) is 46.1 Å². The molecular formula is C16H26N4O. The molecule has 3 rings (SSSR count). The quantitative estimate of drug-likeness (QED) is 0.892. The molecule has 1 aromatic heterocycles. The number of hydrogen-bond acceptors (Lipinski definition) is 5. The summed E-state index contributed by atoms with van der Waals surface area (Å²) >= 11 is 0. The smallest absolute Gasteiger partial charge is 0.204 e. The van der Waals surface area contributed by atoms with E-state index >= 15 is 0 Å². The Kier molecular flexibility index (Phi) is 3.26. The summed E-state index contributed by atoms with van der Waals surface area (Å²) in [5, 5.41) is 6.74. The molecule has 0 aliphatic heterocycles. The molecule has 2 N–H and O–H groups in total. The minimum atomic E-state index is 0.281. The van der Waals surface area contributed by atoms with Crippen LogP contribution in [-0.2, 0) is 0 Å². The third-order valence-corrected chi connectivity index (χ3v) is 5.80. The molecule has 5 nitrogen and oxygen atoms in total. The summed E-state index contributed by atoms with van der Waals surface area (Å²) in [7, 11) is 3.51. The molecule has 0 radical (unpaired) electrons. The summed E-state index contributed by atoms with van der Waals surface area (Å²) in [6, 6.07) is 0.414. The predicted octanol–water partition coefficient (Wildman–Crippen LogP) is 3.15. The van der Waals surface area contributed by atoms with Crippen molar-refractivity contribution >= 4 is 11.6 Å². The molecule has 3 atom stereocenters. The van der Waals surface area contributed by atoms with Crippen LogP contribution in [0.4, 0.5) is 11.6 Å². The fraction of sp³-hybridized carbons (Fsp3) is 0.750. The van der Waals surface area contributed by atoms with Crippen molar-refractivity contribution in [2.75, 3.05) is 24.8 Å². The predicted molar refractivity (Wildman–Crippen MR) is 84.8 cm³/mol. The van der Waals surface area contributed by atoms with E-state index in [4.69, 9.17) is 4.74 Å². The second-order valence-electron chi connectivity index (χ2n) is 7.35. The van der Waals surface area contributed by atoms with Crippen molar-refractivity contribution in [2.24, 2.45) is 16.7 Å². The number of nitrogens with zero attached hydrogens (tertiary/aromatic N) is 2. The van der Waals surface area contributed by atoms with E-state index in [-0.39, 0.29) is 5.41 Å². The van der Waals surface area contributed by atoms with Crippen molar-refractivity contribution in [3.63, 3.8) is 0 Å². The summed E-state index contributed by atoms with van der Waals surface area (Å²) in [6.45, 7) is 7.17. The van der Waals surface area contributed by atoms with Crippen LogP contribution in [0.5, 0.6) is 5.75 Å². The van der Waals surface area contributed by atoms with Crippen molar-refractivity contribution in [3.8, 4) is 5.75 Å². The maximum Gasteiger partial charge on any atom is 0.204 e. The summed E-state index contributed by atoms with van der Waals surface area (Å²) in [6.07, 6.45) is 5.54. The fourth-order valence-electron chi connectivity index (χ4n) is 4.65. The first-order valence-electron chi connectivity index (χ1n) is 7.75. The van der Waals surface area contributed by atoms with Crippen LogP contribution in [0.3, 0.4) is 0 Å². The Hall–Kier alpha value is -1.52. The number of ether oxygens (including phenoxy) is 1. The van der Waals surface area contributed by atoms with E-state index in [9.17, 15) is 0 Å². The highest BCUT2D eigenvalue weighted by atomic mass is 16.5. The summed E-state index contributed by atoms with van der Waals surface area (Å²) in [4.78, 5) is 8.63. The Bertz CT molecular complexity index is 540. The van der Waals surface area contributed by atoms with Gasteiger partial charge in [0.15, 0.2) is 11.6 Å². The highest BCUT2D eigenvalue weighted by Gasteiger charge is 2.59. The SMILES string of the molecule is CNc1ncnc(NC2C3(C)CCC(C3)C2(C)C)c1OC. The third kappa shape index (κ3) is 2.05. The lowest BCUT2D eigenvalue weighted by atomic mass is 9.68. The summed E-state index contributed by atoms with van der Waals surface area (Å²) < 4.78 is 5.51. The van der Waals surface area contributed by atoms with E-state index in [0.717, 1.165) is 17.6 Å². The number of methoxy groups -OCH3 is 1. The molecule has 2 fully saturated rings. The summed E-state index contributed by atoms with van der Waals surface area (Å²) in [5.41, 5.74) is 0.632. The third-order valence-electron chi connectivity index (χ3n) is 5.80. The van der Waals surface area contributed by atoms with Gasteiger partial charge in [0.1, 0.15) is 6.33 Å². The minimum Gasteiger partial charge on any atom is -0.490 e. The molecule has 2 bridgehead atoms. The zero-order valence-electron chi connectivity index (χ0n) is 13.7. The Morgan fingerprint density at radius 2 is 1.95 bits per heavy atom. The van der Waals surface area contributed by atoms with Crippen LogP contribution in [0.15, 0.2) is 6.33 Å². The molecule has 21 heavy (non-hydrogen) atoms. The van der Waals surface area contributed by atoms with Gasteiger partial charge < -0.3 is 15.4 Å². The molecule has 1 aromatic rings.